The van der Waals surface area contributed by atoms with E-state index in [0.717, 1.165) is 6.54 Å². The minimum Gasteiger partial charge on any atom is -0.205 e. The van der Waals surface area contributed by atoms with Crippen LogP contribution in [0.1, 0.15) is 19.8 Å². The van der Waals surface area contributed by atoms with Gasteiger partial charge in [0, 0.05) is 38.0 Å². The van der Waals surface area contributed by atoms with Crippen molar-refractivity contribution < 1.29 is 24.0 Å². The van der Waals surface area contributed by atoms with Crippen molar-refractivity contribution in [3.05, 3.63) is 30.6 Å². The van der Waals surface area contributed by atoms with Crippen molar-refractivity contribution in [2.24, 2.45) is 0 Å². The van der Waals surface area contributed by atoms with Crippen molar-refractivity contribution in [2.75, 3.05) is 0 Å². The van der Waals surface area contributed by atoms with Gasteiger partial charge < -0.3 is 0 Å². The number of pyridine rings is 1. The molecule has 2 heteroatoms. The number of nitrogens with zero attached hydrogens (tertiary/aromatic N) is 1. The molecule has 0 aliphatic heterocycles. The molecule has 0 fully saturated rings. The molecule has 1 rings (SSSR count). The first-order valence-electron chi connectivity index (χ1n) is 3.87. The van der Waals surface area contributed by atoms with Crippen LogP contribution in [0.15, 0.2) is 30.6 Å². The van der Waals surface area contributed by atoms with Crippen LogP contribution < -0.4 is 4.57 Å². The number of aromatic nitrogens is 1. The first kappa shape index (κ1) is 10.8. The van der Waals surface area contributed by atoms with Crippen LogP contribution in [0, 0.1) is 0 Å². The number of rotatable bonds is 3. The topological polar surface area (TPSA) is 3.88 Å². The molecule has 0 saturated carbocycles. The fourth-order valence-corrected chi connectivity index (χ4v) is 0.924. The zero-order chi connectivity index (χ0) is 7.23. The Balaban J connectivity index is 0.000001000. The van der Waals surface area contributed by atoms with Gasteiger partial charge in [-0.15, -0.1) is 0 Å². The number of unbranched alkanes of at least 4 members (excludes halogenated alkanes) is 1. The molecule has 0 radical (unpaired) electrons. The molecule has 1 aromatic rings. The summed E-state index contributed by atoms with van der Waals surface area (Å²) in [4.78, 5) is 0. The molecule has 0 aliphatic rings. The number of aryl methyl sites for hydroxylation is 1. The van der Waals surface area contributed by atoms with Crippen molar-refractivity contribution in [2.45, 2.75) is 26.3 Å². The Hall–Kier alpha value is -0.227. The van der Waals surface area contributed by atoms with Crippen LogP contribution >= 0.6 is 0 Å². The van der Waals surface area contributed by atoms with Crippen molar-refractivity contribution in [1.82, 2.24) is 0 Å². The summed E-state index contributed by atoms with van der Waals surface area (Å²) in [6.45, 7) is 3.36. The van der Waals surface area contributed by atoms with Crippen LogP contribution in [0.2, 0.25) is 0 Å². The van der Waals surface area contributed by atoms with Crippen LogP contribution in [0.5, 0.6) is 0 Å². The molecule has 0 aromatic carbocycles. The molecule has 11 heavy (non-hydrogen) atoms. The monoisotopic (exact) mass is 200 g/mol. The minimum absolute atomic E-state index is 0. The Morgan fingerprint density at radius 1 is 1.09 bits per heavy atom. The van der Waals surface area contributed by atoms with E-state index in [1.54, 1.807) is 0 Å². The van der Waals surface area contributed by atoms with E-state index in [0.29, 0.717) is 0 Å². The quantitative estimate of drug-likeness (QED) is 0.519. The SMILES string of the molecule is CCCC[n+]1ccccc1.[Zn]. The van der Waals surface area contributed by atoms with Crippen molar-refractivity contribution in [3.63, 3.8) is 0 Å². The fraction of sp³-hybridized carbons (Fsp3) is 0.444. The maximum atomic E-state index is 2.21. The maximum absolute atomic E-state index is 2.21. The molecular weight excluding hydrogens is 187 g/mol. The second-order valence-electron chi connectivity index (χ2n) is 2.47. The van der Waals surface area contributed by atoms with E-state index in [2.05, 4.69) is 36.0 Å². The number of hydrogen-bond donors (Lipinski definition) is 0. The van der Waals surface area contributed by atoms with Gasteiger partial charge >= 0.3 is 0 Å². The van der Waals surface area contributed by atoms with Crippen molar-refractivity contribution >= 4 is 0 Å². The summed E-state index contributed by atoms with van der Waals surface area (Å²) in [5.74, 6) is 0. The summed E-state index contributed by atoms with van der Waals surface area (Å²) in [7, 11) is 0. The summed E-state index contributed by atoms with van der Waals surface area (Å²) in [6.07, 6.45) is 6.75. The van der Waals surface area contributed by atoms with Crippen molar-refractivity contribution in [1.29, 1.82) is 0 Å². The van der Waals surface area contributed by atoms with E-state index in [4.69, 9.17) is 0 Å². The molecule has 56 valence electrons. The van der Waals surface area contributed by atoms with Gasteiger partial charge in [0.1, 0.15) is 6.54 Å². The van der Waals surface area contributed by atoms with E-state index < -0.39 is 0 Å². The van der Waals surface area contributed by atoms with Crippen molar-refractivity contribution in [3.8, 4) is 0 Å². The molecule has 0 spiro atoms. The van der Waals surface area contributed by atoms with Crippen LogP contribution in [-0.2, 0) is 26.0 Å². The smallest absolute Gasteiger partial charge is 0.168 e. The second kappa shape index (κ2) is 6.48. The Morgan fingerprint density at radius 2 is 1.73 bits per heavy atom. The zero-order valence-electron chi connectivity index (χ0n) is 7.16. The molecule has 0 unspecified atom stereocenters. The summed E-state index contributed by atoms with van der Waals surface area (Å²) in [5.41, 5.74) is 0. The van der Waals surface area contributed by atoms with Crippen LogP contribution in [0.25, 0.3) is 0 Å². The normalized spacial score (nSPS) is 8.82. The van der Waals surface area contributed by atoms with E-state index in [-0.39, 0.29) is 19.5 Å². The second-order valence-corrected chi connectivity index (χ2v) is 2.47. The average molecular weight is 202 g/mol. The largest absolute Gasteiger partial charge is 0.205 e. The average Bonchev–Trinajstić information content (AvgIpc) is 2.03. The van der Waals surface area contributed by atoms with E-state index in [1.165, 1.54) is 12.8 Å². The Morgan fingerprint density at radius 3 is 2.27 bits per heavy atom. The minimum atomic E-state index is 0. The third kappa shape index (κ3) is 4.26. The van der Waals surface area contributed by atoms with Gasteiger partial charge in [-0.3, -0.25) is 0 Å². The Kier molecular flexibility index (Phi) is 6.35. The van der Waals surface area contributed by atoms with E-state index in [1.807, 2.05) is 6.07 Å². The van der Waals surface area contributed by atoms with Gasteiger partial charge in [-0.05, 0) is 0 Å². The van der Waals surface area contributed by atoms with Crippen LogP contribution in [0.4, 0.5) is 0 Å². The van der Waals surface area contributed by atoms with Crippen LogP contribution in [-0.4, -0.2) is 0 Å². The van der Waals surface area contributed by atoms with Crippen LogP contribution in [0.3, 0.4) is 0 Å². The van der Waals surface area contributed by atoms with E-state index >= 15 is 0 Å². The molecule has 0 atom stereocenters. The predicted octanol–water partition coefficient (Wildman–Crippen LogP) is 1.77. The van der Waals surface area contributed by atoms with Gasteiger partial charge in [-0.2, -0.15) is 0 Å². The van der Waals surface area contributed by atoms with Gasteiger partial charge in [0.05, 0.1) is 0 Å². The van der Waals surface area contributed by atoms with Gasteiger partial charge in [0.25, 0.3) is 0 Å². The van der Waals surface area contributed by atoms with Gasteiger partial charge in [0.2, 0.25) is 0 Å². The molecule has 0 amide bonds. The molecule has 0 saturated heterocycles. The Bertz CT molecular complexity index is 174. The van der Waals surface area contributed by atoms with E-state index in [9.17, 15) is 0 Å². The maximum Gasteiger partial charge on any atom is 0.168 e. The molecule has 0 N–H and O–H groups in total. The zero-order valence-corrected chi connectivity index (χ0v) is 10.1. The summed E-state index contributed by atoms with van der Waals surface area (Å²) in [6, 6.07) is 6.17. The molecular formula is C9H14NZn+. The fourth-order valence-electron chi connectivity index (χ4n) is 0.924. The van der Waals surface area contributed by atoms with Gasteiger partial charge in [-0.25, -0.2) is 4.57 Å². The summed E-state index contributed by atoms with van der Waals surface area (Å²) < 4.78 is 2.21. The molecule has 0 bridgehead atoms. The number of hydrogen-bond acceptors (Lipinski definition) is 0. The molecule has 1 aromatic heterocycles. The predicted molar refractivity (Wildman–Crippen MR) is 41.5 cm³/mol. The standard InChI is InChI=1S/C9H14N.Zn/c1-2-3-7-10-8-5-4-6-9-10;/h4-6,8-9H,2-3,7H2,1H3;/q+1;. The first-order chi connectivity index (χ1) is 4.93. The third-order valence-electron chi connectivity index (χ3n) is 1.55. The summed E-state index contributed by atoms with van der Waals surface area (Å²) >= 11 is 0. The first-order valence-corrected chi connectivity index (χ1v) is 3.87. The molecule has 1 heterocycles. The Labute approximate surface area is 81.2 Å². The molecule has 1 nitrogen and oxygen atoms in total. The third-order valence-corrected chi connectivity index (χ3v) is 1.55. The summed E-state index contributed by atoms with van der Waals surface area (Å²) in [5, 5.41) is 0. The molecule has 0 aliphatic carbocycles. The van der Waals surface area contributed by atoms with Gasteiger partial charge in [-0.1, -0.05) is 19.4 Å². The van der Waals surface area contributed by atoms with Gasteiger partial charge in [0.15, 0.2) is 12.4 Å².